The van der Waals surface area contributed by atoms with Gasteiger partial charge in [0.2, 0.25) is 0 Å². The lowest BCUT2D eigenvalue weighted by atomic mass is 10.5. The largest absolute Gasteiger partial charge is 0.383 e. The Morgan fingerprint density at radius 1 is 1.54 bits per heavy atom. The monoisotopic (exact) mass is 288 g/mol. The van der Waals surface area contributed by atoms with Gasteiger partial charge in [-0.2, -0.15) is 8.42 Å². The van der Waals surface area contributed by atoms with Crippen molar-refractivity contribution in [2.45, 2.75) is 4.90 Å². The molecule has 0 atom stereocenters. The molecule has 0 aliphatic rings. The molecular weight excluding hydrogens is 283 g/mol. The maximum atomic E-state index is 10.6. The van der Waals surface area contributed by atoms with Gasteiger partial charge in [-0.15, -0.1) is 12.4 Å². The molecule has 0 bridgehead atoms. The molecule has 1 aromatic heterocycles. The van der Waals surface area contributed by atoms with E-state index >= 15 is 0 Å². The van der Waals surface area contributed by atoms with Crippen LogP contribution in [0.3, 0.4) is 0 Å². The highest BCUT2D eigenvalue weighted by Crippen LogP contribution is 2.19. The quantitative estimate of drug-likeness (QED) is 0.755. The average molecular weight is 290 g/mol. The van der Waals surface area contributed by atoms with Gasteiger partial charge < -0.3 is 5.73 Å². The summed E-state index contributed by atoms with van der Waals surface area (Å²) in [6.07, 6.45) is 1.34. The number of halogens is 2. The van der Waals surface area contributed by atoms with Crippen molar-refractivity contribution in [1.29, 1.82) is 0 Å². The van der Waals surface area contributed by atoms with E-state index in [1.807, 2.05) is 0 Å². The number of nitrogen functional groups attached to an aromatic ring is 1. The SMILES string of the molecule is Cl.Nc1ncc(Br)cc1S(=O)(=O)O. The second-order valence-corrected chi connectivity index (χ2v) is 4.32. The third-order valence-corrected chi connectivity index (χ3v) is 2.44. The molecule has 8 heteroatoms. The highest BCUT2D eigenvalue weighted by atomic mass is 79.9. The molecule has 0 saturated carbocycles. The van der Waals surface area contributed by atoms with E-state index in [0.29, 0.717) is 4.47 Å². The molecule has 0 aromatic carbocycles. The topological polar surface area (TPSA) is 93.3 Å². The molecule has 3 N–H and O–H groups in total. The van der Waals surface area contributed by atoms with Crippen molar-refractivity contribution in [2.75, 3.05) is 5.73 Å². The molecule has 1 rings (SSSR count). The van der Waals surface area contributed by atoms with E-state index in [2.05, 4.69) is 20.9 Å². The van der Waals surface area contributed by atoms with Crippen molar-refractivity contribution in [3.63, 3.8) is 0 Å². The Balaban J connectivity index is 0.00000144. The first-order chi connectivity index (χ1) is 5.41. The molecule has 0 aliphatic heterocycles. The van der Waals surface area contributed by atoms with Gasteiger partial charge >= 0.3 is 0 Å². The van der Waals surface area contributed by atoms with E-state index in [0.717, 1.165) is 0 Å². The number of aromatic nitrogens is 1. The fourth-order valence-corrected chi connectivity index (χ4v) is 1.71. The van der Waals surface area contributed by atoms with Crippen molar-refractivity contribution in [2.24, 2.45) is 0 Å². The Morgan fingerprint density at radius 3 is 2.46 bits per heavy atom. The summed E-state index contributed by atoms with van der Waals surface area (Å²) in [5.41, 5.74) is 5.20. The zero-order valence-corrected chi connectivity index (χ0v) is 9.36. The van der Waals surface area contributed by atoms with Gasteiger partial charge in [-0.3, -0.25) is 4.55 Å². The number of nitrogens with two attached hydrogens (primary N) is 1. The summed E-state index contributed by atoms with van der Waals surface area (Å²) in [7, 11) is -4.27. The Bertz CT molecular complexity index is 408. The second kappa shape index (κ2) is 4.23. The normalized spacial score (nSPS) is 10.6. The van der Waals surface area contributed by atoms with Crippen LogP contribution < -0.4 is 5.73 Å². The second-order valence-electron chi connectivity index (χ2n) is 2.01. The number of pyridine rings is 1. The molecule has 0 radical (unpaired) electrons. The Hall–Kier alpha value is -0.370. The van der Waals surface area contributed by atoms with E-state index in [4.69, 9.17) is 10.3 Å². The predicted octanol–water partition coefficient (Wildman–Crippen LogP) is 1.09. The van der Waals surface area contributed by atoms with Crippen molar-refractivity contribution in [3.05, 3.63) is 16.7 Å². The highest BCUT2D eigenvalue weighted by molar-refractivity contribution is 9.10. The van der Waals surface area contributed by atoms with Gasteiger partial charge in [0.1, 0.15) is 10.7 Å². The first-order valence-corrected chi connectivity index (χ1v) is 5.03. The van der Waals surface area contributed by atoms with Crippen LogP contribution in [0.15, 0.2) is 21.6 Å². The lowest BCUT2D eigenvalue weighted by molar-refractivity contribution is 0.483. The molecule has 0 spiro atoms. The van der Waals surface area contributed by atoms with E-state index < -0.39 is 15.0 Å². The molecule has 0 unspecified atom stereocenters. The summed E-state index contributed by atoms with van der Waals surface area (Å²) in [6.45, 7) is 0. The lowest BCUT2D eigenvalue weighted by Crippen LogP contribution is -2.04. The Morgan fingerprint density at radius 2 is 2.08 bits per heavy atom. The highest BCUT2D eigenvalue weighted by Gasteiger charge is 2.14. The first kappa shape index (κ1) is 12.6. The van der Waals surface area contributed by atoms with Crippen molar-refractivity contribution in [3.8, 4) is 0 Å². The van der Waals surface area contributed by atoms with Crippen LogP contribution in [0.4, 0.5) is 5.82 Å². The molecule has 1 aromatic rings. The molecule has 5 nitrogen and oxygen atoms in total. The summed E-state index contributed by atoms with van der Waals surface area (Å²) in [5.74, 6) is -0.222. The minimum Gasteiger partial charge on any atom is -0.383 e. The van der Waals surface area contributed by atoms with E-state index in [9.17, 15) is 8.42 Å². The summed E-state index contributed by atoms with van der Waals surface area (Å²) >= 11 is 3.00. The van der Waals surface area contributed by atoms with Crippen LogP contribution in [-0.4, -0.2) is 18.0 Å². The summed E-state index contributed by atoms with van der Waals surface area (Å²) < 4.78 is 30.3. The van der Waals surface area contributed by atoms with E-state index in [1.54, 1.807) is 0 Å². The number of nitrogens with zero attached hydrogens (tertiary/aromatic N) is 1. The van der Waals surface area contributed by atoms with Crippen LogP contribution in [0.1, 0.15) is 0 Å². The third-order valence-electron chi connectivity index (χ3n) is 1.13. The summed E-state index contributed by atoms with van der Waals surface area (Å²) in [5, 5.41) is 0. The zero-order chi connectivity index (χ0) is 9.35. The van der Waals surface area contributed by atoms with Crippen LogP contribution in [0, 0.1) is 0 Å². The number of anilines is 1. The fraction of sp³-hybridized carbons (Fsp3) is 0. The number of hydrogen-bond acceptors (Lipinski definition) is 4. The van der Waals surface area contributed by atoms with Gasteiger partial charge in [-0.05, 0) is 22.0 Å². The molecule has 1 heterocycles. The zero-order valence-electron chi connectivity index (χ0n) is 6.14. The molecular formula is C5H6BrClN2O3S. The minimum atomic E-state index is -4.27. The molecule has 0 fully saturated rings. The van der Waals surface area contributed by atoms with Crippen molar-refractivity contribution >= 4 is 44.3 Å². The number of hydrogen-bond donors (Lipinski definition) is 2. The first-order valence-electron chi connectivity index (χ1n) is 2.80. The van der Waals surface area contributed by atoms with Gasteiger partial charge in [0, 0.05) is 10.7 Å². The van der Waals surface area contributed by atoms with Crippen LogP contribution in [-0.2, 0) is 10.1 Å². The molecule has 0 saturated heterocycles. The van der Waals surface area contributed by atoms with Gasteiger partial charge in [0.25, 0.3) is 10.1 Å². The van der Waals surface area contributed by atoms with Crippen molar-refractivity contribution < 1.29 is 13.0 Å². The van der Waals surface area contributed by atoms with Gasteiger partial charge in [-0.25, -0.2) is 4.98 Å². The van der Waals surface area contributed by atoms with Crippen LogP contribution >= 0.6 is 28.3 Å². The van der Waals surface area contributed by atoms with Crippen LogP contribution in [0.5, 0.6) is 0 Å². The Kier molecular flexibility index (Phi) is 4.11. The molecule has 0 aliphatic carbocycles. The van der Waals surface area contributed by atoms with E-state index in [1.165, 1.54) is 12.3 Å². The standard InChI is InChI=1S/C5H5BrN2O3S.ClH/c6-3-1-4(12(9,10)11)5(7)8-2-3;/h1-2H,(H2,7,8)(H,9,10,11);1H. The van der Waals surface area contributed by atoms with Gasteiger partial charge in [0.15, 0.2) is 0 Å². The number of rotatable bonds is 1. The molecule has 13 heavy (non-hydrogen) atoms. The Labute approximate surface area is 89.6 Å². The predicted molar refractivity (Wildman–Crippen MR) is 53.4 cm³/mol. The average Bonchev–Trinajstić information content (AvgIpc) is 1.92. The molecule has 0 amide bonds. The fourth-order valence-electron chi connectivity index (χ4n) is 0.638. The smallest absolute Gasteiger partial charge is 0.298 e. The van der Waals surface area contributed by atoms with Crippen molar-refractivity contribution in [1.82, 2.24) is 4.98 Å². The van der Waals surface area contributed by atoms with E-state index in [-0.39, 0.29) is 18.2 Å². The van der Waals surface area contributed by atoms with Crippen LogP contribution in [0.2, 0.25) is 0 Å². The van der Waals surface area contributed by atoms with Crippen LogP contribution in [0.25, 0.3) is 0 Å². The van der Waals surface area contributed by atoms with Gasteiger partial charge in [0.05, 0.1) is 0 Å². The molecule has 74 valence electrons. The maximum Gasteiger partial charge on any atom is 0.298 e. The summed E-state index contributed by atoms with van der Waals surface area (Å²) in [4.78, 5) is 3.15. The van der Waals surface area contributed by atoms with Gasteiger partial charge in [-0.1, -0.05) is 0 Å². The maximum absolute atomic E-state index is 10.6. The minimum absolute atomic E-state index is 0. The third kappa shape index (κ3) is 3.11. The summed E-state index contributed by atoms with van der Waals surface area (Å²) in [6, 6.07) is 1.18. The lowest BCUT2D eigenvalue weighted by Gasteiger charge is -2.00.